The average Bonchev–Trinajstić information content (AvgIpc) is 3.64. The molecule has 0 saturated carbocycles. The molecule has 0 aromatic carbocycles. The molecule has 0 radical (unpaired) electrons. The van der Waals surface area contributed by atoms with Crippen molar-refractivity contribution in [2.24, 2.45) is 28.2 Å². The minimum absolute atomic E-state index is 0. The number of hydrogen-bond acceptors (Lipinski definition) is 9. The Labute approximate surface area is 274 Å². The number of halogens is 3. The van der Waals surface area contributed by atoms with E-state index in [9.17, 15) is 19.2 Å². The van der Waals surface area contributed by atoms with E-state index < -0.39 is 11.9 Å². The number of nitrogens with zero attached hydrogens (tertiary/aromatic N) is 6. The Morgan fingerprint density at radius 3 is 1.60 bits per heavy atom. The van der Waals surface area contributed by atoms with Crippen LogP contribution in [0, 0.1) is 7.40 Å². The van der Waals surface area contributed by atoms with Crippen molar-refractivity contribution in [1.29, 1.82) is 0 Å². The third-order valence-corrected chi connectivity index (χ3v) is 6.21. The second-order valence-corrected chi connectivity index (χ2v) is 10.4. The zero-order chi connectivity index (χ0) is 31.0. The Balaban J connectivity index is 0.000000341. The van der Waals surface area contributed by atoms with Crippen LogP contribution in [0.15, 0.2) is 36.9 Å². The zero-order valence-electron chi connectivity index (χ0n) is 23.3. The van der Waals surface area contributed by atoms with Crippen LogP contribution in [-0.2, 0) is 37.7 Å². The van der Waals surface area contributed by atoms with Crippen LogP contribution in [-0.4, -0.2) is 71.4 Å². The molecule has 15 nitrogen and oxygen atoms in total. The van der Waals surface area contributed by atoms with Crippen LogP contribution in [0.1, 0.15) is 42.2 Å². The highest BCUT2D eigenvalue weighted by Crippen LogP contribution is 2.15. The van der Waals surface area contributed by atoms with Gasteiger partial charge in [0, 0.05) is 53.0 Å². The number of imidazole rings is 2. The summed E-state index contributed by atoms with van der Waals surface area (Å²) in [7, 11) is 9.48. The number of carbonyl (C=O) groups excluding carboxylic acids is 3. The number of methoxy groups -OCH3 is 2. The molecular weight excluding hydrogens is 802 g/mol. The second-order valence-electron chi connectivity index (χ2n) is 8.23. The molecular formula is C24H29ClI2N8O7. The van der Waals surface area contributed by atoms with Crippen molar-refractivity contribution in [3.05, 3.63) is 67.4 Å². The number of carboxylic acid groups (broad SMARTS) is 1. The number of carboxylic acids is 1. The van der Waals surface area contributed by atoms with Crippen LogP contribution in [0.3, 0.4) is 0 Å². The number of carbonyl (C=O) groups is 4. The van der Waals surface area contributed by atoms with Gasteiger partial charge in [-0.15, -0.1) is 12.4 Å². The number of aromatic nitrogens is 6. The molecule has 42 heavy (non-hydrogen) atoms. The maximum atomic E-state index is 12.1. The number of hydrogen-bond donors (Lipinski definition) is 3. The van der Waals surface area contributed by atoms with Crippen LogP contribution in [0.4, 0.5) is 11.4 Å². The van der Waals surface area contributed by atoms with Gasteiger partial charge in [-0.25, -0.2) is 24.4 Å². The fraction of sp³-hybridized carbons (Fsp3) is 0.250. The van der Waals surface area contributed by atoms with E-state index in [1.54, 1.807) is 78.8 Å². The maximum absolute atomic E-state index is 12.1. The highest BCUT2D eigenvalue weighted by atomic mass is 127. The summed E-state index contributed by atoms with van der Waals surface area (Å²) in [6, 6.07) is 3.13. The third kappa shape index (κ3) is 9.76. The van der Waals surface area contributed by atoms with E-state index in [0.29, 0.717) is 32.3 Å². The molecule has 1 amide bonds. The van der Waals surface area contributed by atoms with Crippen LogP contribution in [0.25, 0.3) is 0 Å². The molecule has 4 rings (SSSR count). The number of ether oxygens (including phenoxy) is 2. The molecule has 0 saturated heterocycles. The highest BCUT2D eigenvalue weighted by Gasteiger charge is 2.17. The molecule has 18 heteroatoms. The zero-order valence-corrected chi connectivity index (χ0v) is 28.4. The van der Waals surface area contributed by atoms with E-state index in [0.717, 1.165) is 3.70 Å². The molecule has 0 aliphatic heterocycles. The van der Waals surface area contributed by atoms with Crippen molar-refractivity contribution in [2.75, 3.05) is 25.3 Å². The molecule has 0 unspecified atom stereocenters. The number of aromatic carboxylic acids is 1. The van der Waals surface area contributed by atoms with Crippen LogP contribution in [0.2, 0.25) is 0 Å². The summed E-state index contributed by atoms with van der Waals surface area (Å²) in [6.07, 6.45) is 6.70. The number of amides is 1. The standard InChI is InChI=1S/C12H13IN4O3.C7H10N2O2.C5H5IN2O2.ClH/c1-16-5-7(4-8(16)12(19)20-3)14-11(18)10-15-9(13)6-17(10)2;1-9-4-5(8)3-6(9)7(10)11-2;1-8-2-3(6)7-4(8)5(9)10;/h4-6H,1-3H3,(H,14,18);3-4H,8H2,1-2H3;2H,1H3,(H,9,10);1H. The van der Waals surface area contributed by atoms with E-state index in [1.165, 1.54) is 18.8 Å². The molecule has 0 bridgehead atoms. The molecule has 0 spiro atoms. The topological polar surface area (TPSA) is 191 Å². The van der Waals surface area contributed by atoms with E-state index in [-0.39, 0.29) is 30.1 Å². The van der Waals surface area contributed by atoms with Crippen molar-refractivity contribution in [3.63, 3.8) is 0 Å². The molecule has 0 aliphatic rings. The van der Waals surface area contributed by atoms with Crippen LogP contribution in [0.5, 0.6) is 0 Å². The summed E-state index contributed by atoms with van der Waals surface area (Å²) in [6.45, 7) is 0. The number of nitrogens with two attached hydrogens (primary N) is 1. The Morgan fingerprint density at radius 1 is 0.786 bits per heavy atom. The van der Waals surface area contributed by atoms with Crippen molar-refractivity contribution < 1.29 is 33.8 Å². The lowest BCUT2D eigenvalue weighted by Crippen LogP contribution is -2.16. The van der Waals surface area contributed by atoms with Crippen molar-refractivity contribution in [1.82, 2.24) is 28.2 Å². The molecule has 4 aromatic heterocycles. The fourth-order valence-electron chi connectivity index (χ4n) is 3.29. The average molecular weight is 831 g/mol. The van der Waals surface area contributed by atoms with Gasteiger partial charge >= 0.3 is 17.9 Å². The first-order valence-electron chi connectivity index (χ1n) is 11.4. The minimum atomic E-state index is -0.995. The van der Waals surface area contributed by atoms with Crippen LogP contribution >= 0.6 is 57.6 Å². The second kappa shape index (κ2) is 16.2. The van der Waals surface area contributed by atoms with Gasteiger partial charge in [0.05, 0.1) is 25.6 Å². The molecule has 0 aliphatic carbocycles. The largest absolute Gasteiger partial charge is 0.475 e. The first-order valence-corrected chi connectivity index (χ1v) is 13.5. The van der Waals surface area contributed by atoms with Crippen molar-refractivity contribution in [2.45, 2.75) is 0 Å². The van der Waals surface area contributed by atoms with E-state index >= 15 is 0 Å². The summed E-state index contributed by atoms with van der Waals surface area (Å²) in [5.74, 6) is -1.78. The Bertz CT molecular complexity index is 1570. The molecule has 228 valence electrons. The molecule has 4 aromatic rings. The van der Waals surface area contributed by atoms with Gasteiger partial charge in [-0.1, -0.05) is 0 Å². The van der Waals surface area contributed by atoms with Gasteiger partial charge in [0.25, 0.3) is 5.91 Å². The Kier molecular flexibility index (Phi) is 14.0. The summed E-state index contributed by atoms with van der Waals surface area (Å²) in [5.41, 5.74) is 7.34. The van der Waals surface area contributed by atoms with E-state index in [2.05, 4.69) is 24.8 Å². The predicted octanol–water partition coefficient (Wildman–Crippen LogP) is 2.94. The van der Waals surface area contributed by atoms with Gasteiger partial charge in [0.2, 0.25) is 5.82 Å². The number of aryl methyl sites for hydroxylation is 4. The lowest BCUT2D eigenvalue weighted by Gasteiger charge is -2.01. The predicted molar refractivity (Wildman–Crippen MR) is 172 cm³/mol. The van der Waals surface area contributed by atoms with E-state index in [4.69, 9.17) is 10.8 Å². The summed E-state index contributed by atoms with van der Waals surface area (Å²) in [4.78, 5) is 52.8. The smallest absolute Gasteiger partial charge is 0.372 e. The van der Waals surface area contributed by atoms with Gasteiger partial charge in [-0.05, 0) is 57.3 Å². The molecule has 4 N–H and O–H groups in total. The van der Waals surface area contributed by atoms with Gasteiger partial charge in [0.1, 0.15) is 18.8 Å². The van der Waals surface area contributed by atoms with Crippen LogP contribution < -0.4 is 11.1 Å². The quantitative estimate of drug-likeness (QED) is 0.199. The normalized spacial score (nSPS) is 9.81. The fourth-order valence-corrected chi connectivity index (χ4v) is 4.59. The lowest BCUT2D eigenvalue weighted by atomic mass is 10.4. The highest BCUT2D eigenvalue weighted by molar-refractivity contribution is 14.1. The van der Waals surface area contributed by atoms with Gasteiger partial charge in [0.15, 0.2) is 5.82 Å². The number of rotatable bonds is 5. The van der Waals surface area contributed by atoms with Crippen molar-refractivity contribution in [3.8, 4) is 0 Å². The molecule has 4 heterocycles. The first kappa shape index (κ1) is 36.4. The molecule has 0 atom stereocenters. The number of nitrogens with one attached hydrogen (secondary N) is 1. The summed E-state index contributed by atoms with van der Waals surface area (Å²) < 4.78 is 16.9. The lowest BCUT2D eigenvalue weighted by molar-refractivity contribution is 0.0581. The van der Waals surface area contributed by atoms with E-state index in [1.807, 2.05) is 45.2 Å². The summed E-state index contributed by atoms with van der Waals surface area (Å²) in [5, 5.41) is 11.2. The Morgan fingerprint density at radius 2 is 1.24 bits per heavy atom. The first-order chi connectivity index (χ1) is 19.2. The maximum Gasteiger partial charge on any atom is 0.372 e. The monoisotopic (exact) mass is 830 g/mol. The SMILES string of the molecule is COC(=O)c1cc(N)cn1C.COC(=O)c1cc(NC(=O)c2nc(I)cn2C)cn1C.Cl.Cn1cc(I)nc1C(=O)O. The Hall–Kier alpha value is -3.59. The molecule has 0 fully saturated rings. The van der Waals surface area contributed by atoms with Gasteiger partial charge in [-0.2, -0.15) is 0 Å². The third-order valence-electron chi connectivity index (χ3n) is 5.17. The summed E-state index contributed by atoms with van der Waals surface area (Å²) >= 11 is 4.00. The minimum Gasteiger partial charge on any atom is -0.475 e. The van der Waals surface area contributed by atoms with Gasteiger partial charge in [-0.3, -0.25) is 4.79 Å². The van der Waals surface area contributed by atoms with Gasteiger partial charge < -0.3 is 43.9 Å². The number of nitrogen functional groups attached to an aromatic ring is 1. The van der Waals surface area contributed by atoms with Crippen molar-refractivity contribution >= 4 is 92.8 Å². The number of anilines is 2. The number of esters is 2.